The Morgan fingerprint density at radius 1 is 1.55 bits per heavy atom. The number of carbonyl (C=O) groups excluding carboxylic acids is 1. The monoisotopic (exact) mass is 155 g/mol. The van der Waals surface area contributed by atoms with E-state index in [4.69, 9.17) is 0 Å². The Morgan fingerprint density at radius 2 is 2.09 bits per heavy atom. The lowest BCUT2D eigenvalue weighted by Gasteiger charge is -2.19. The van der Waals surface area contributed by atoms with Crippen molar-refractivity contribution < 1.29 is 4.79 Å². The molecule has 0 unspecified atom stereocenters. The quantitative estimate of drug-likeness (QED) is 0.610. The van der Waals surface area contributed by atoms with Gasteiger partial charge in [0.05, 0.1) is 6.54 Å². The number of rotatable bonds is 4. The van der Waals surface area contributed by atoms with E-state index in [2.05, 4.69) is 18.7 Å². The Kier molecular flexibility index (Phi) is 2.66. The summed E-state index contributed by atoms with van der Waals surface area (Å²) >= 11 is 0. The van der Waals surface area contributed by atoms with Crippen LogP contribution in [-0.4, -0.2) is 30.3 Å². The highest BCUT2D eigenvalue weighted by atomic mass is 16.1. The van der Waals surface area contributed by atoms with Gasteiger partial charge in [-0.2, -0.15) is 0 Å². The van der Waals surface area contributed by atoms with Gasteiger partial charge in [0.25, 0.3) is 0 Å². The molecule has 1 aliphatic rings. The smallest absolute Gasteiger partial charge is 0.149 e. The molecule has 1 aliphatic carbocycles. The van der Waals surface area contributed by atoms with Crippen LogP contribution in [0.25, 0.3) is 0 Å². The maximum atomic E-state index is 11.3. The molecule has 11 heavy (non-hydrogen) atoms. The summed E-state index contributed by atoms with van der Waals surface area (Å²) in [7, 11) is 2.00. The maximum Gasteiger partial charge on any atom is 0.149 e. The van der Waals surface area contributed by atoms with Crippen molar-refractivity contribution in [3.8, 4) is 0 Å². The van der Waals surface area contributed by atoms with Crippen LogP contribution in [0.4, 0.5) is 0 Å². The normalized spacial score (nSPS) is 17.9. The molecule has 0 aliphatic heterocycles. The standard InChI is InChI=1S/C9H17NO/c1-7(2)10(3)6-9(11)8-4-5-8/h7-8H,4-6H2,1-3H3. The first kappa shape index (κ1) is 8.72. The van der Waals surface area contributed by atoms with Crippen LogP contribution in [-0.2, 0) is 4.79 Å². The van der Waals surface area contributed by atoms with Crippen molar-refractivity contribution in [1.29, 1.82) is 0 Å². The van der Waals surface area contributed by atoms with Gasteiger partial charge in [0, 0.05) is 12.0 Å². The first-order valence-corrected chi connectivity index (χ1v) is 4.34. The molecule has 0 aromatic heterocycles. The summed E-state index contributed by atoms with van der Waals surface area (Å²) < 4.78 is 0. The highest BCUT2D eigenvalue weighted by Crippen LogP contribution is 2.29. The number of Topliss-reactive ketones (excluding diaryl/α,β-unsaturated/α-hetero) is 1. The molecule has 0 aromatic rings. The van der Waals surface area contributed by atoms with Gasteiger partial charge in [-0.25, -0.2) is 0 Å². The summed E-state index contributed by atoms with van der Waals surface area (Å²) in [6, 6.07) is 0.484. The van der Waals surface area contributed by atoms with Crippen LogP contribution >= 0.6 is 0 Å². The summed E-state index contributed by atoms with van der Waals surface area (Å²) in [6.07, 6.45) is 2.26. The number of hydrogen-bond acceptors (Lipinski definition) is 2. The largest absolute Gasteiger partial charge is 0.298 e. The van der Waals surface area contributed by atoms with E-state index in [1.807, 2.05) is 7.05 Å². The van der Waals surface area contributed by atoms with Gasteiger partial charge in [-0.15, -0.1) is 0 Å². The third-order valence-electron chi connectivity index (χ3n) is 2.32. The molecule has 0 aromatic carbocycles. The van der Waals surface area contributed by atoms with E-state index in [0.29, 0.717) is 24.3 Å². The molecule has 2 nitrogen and oxygen atoms in total. The highest BCUT2D eigenvalue weighted by molar-refractivity contribution is 5.84. The maximum absolute atomic E-state index is 11.3. The number of ketones is 1. The van der Waals surface area contributed by atoms with Crippen LogP contribution in [0.3, 0.4) is 0 Å². The minimum atomic E-state index is 0.413. The first-order valence-electron chi connectivity index (χ1n) is 4.34. The van der Waals surface area contributed by atoms with E-state index < -0.39 is 0 Å². The fraction of sp³-hybridized carbons (Fsp3) is 0.889. The van der Waals surface area contributed by atoms with Gasteiger partial charge in [-0.3, -0.25) is 9.69 Å². The van der Waals surface area contributed by atoms with Crippen molar-refractivity contribution in [3.63, 3.8) is 0 Å². The van der Waals surface area contributed by atoms with Gasteiger partial charge in [-0.05, 0) is 33.7 Å². The number of hydrogen-bond donors (Lipinski definition) is 0. The molecule has 0 heterocycles. The molecule has 2 heteroatoms. The summed E-state index contributed by atoms with van der Waals surface area (Å²) in [5, 5.41) is 0. The van der Waals surface area contributed by atoms with Gasteiger partial charge >= 0.3 is 0 Å². The summed E-state index contributed by atoms with van der Waals surface area (Å²) in [5.41, 5.74) is 0. The average molecular weight is 155 g/mol. The fourth-order valence-corrected chi connectivity index (χ4v) is 0.963. The van der Waals surface area contributed by atoms with Gasteiger partial charge in [0.15, 0.2) is 0 Å². The minimum absolute atomic E-state index is 0.413. The van der Waals surface area contributed by atoms with Crippen molar-refractivity contribution in [2.45, 2.75) is 32.7 Å². The van der Waals surface area contributed by atoms with Crippen molar-refractivity contribution in [2.24, 2.45) is 5.92 Å². The molecule has 1 saturated carbocycles. The lowest BCUT2D eigenvalue weighted by atomic mass is 10.2. The molecular formula is C9H17NO. The molecule has 0 radical (unpaired) electrons. The molecule has 0 bridgehead atoms. The zero-order valence-electron chi connectivity index (χ0n) is 7.63. The predicted octanol–water partition coefficient (Wildman–Crippen LogP) is 1.31. The van der Waals surface area contributed by atoms with Crippen molar-refractivity contribution >= 4 is 5.78 Å². The zero-order chi connectivity index (χ0) is 8.43. The molecule has 0 amide bonds. The Morgan fingerprint density at radius 3 is 2.45 bits per heavy atom. The van der Waals surface area contributed by atoms with E-state index in [9.17, 15) is 4.79 Å². The van der Waals surface area contributed by atoms with Crippen LogP contribution < -0.4 is 0 Å². The summed E-state index contributed by atoms with van der Waals surface area (Å²) in [4.78, 5) is 13.4. The minimum Gasteiger partial charge on any atom is -0.298 e. The van der Waals surface area contributed by atoms with Gasteiger partial charge < -0.3 is 0 Å². The second-order valence-electron chi connectivity index (χ2n) is 3.75. The topological polar surface area (TPSA) is 20.3 Å². The number of likely N-dealkylation sites (N-methyl/N-ethyl adjacent to an activating group) is 1. The number of carbonyl (C=O) groups is 1. The second kappa shape index (κ2) is 3.35. The Bertz CT molecular complexity index is 150. The fourth-order valence-electron chi connectivity index (χ4n) is 0.963. The van der Waals surface area contributed by atoms with E-state index in [-0.39, 0.29) is 0 Å². The van der Waals surface area contributed by atoms with Gasteiger partial charge in [-0.1, -0.05) is 0 Å². The van der Waals surface area contributed by atoms with Gasteiger partial charge in [0.1, 0.15) is 5.78 Å². The Balaban J connectivity index is 2.23. The molecule has 0 N–H and O–H groups in total. The van der Waals surface area contributed by atoms with Gasteiger partial charge in [0.2, 0.25) is 0 Å². The first-order chi connectivity index (χ1) is 5.11. The summed E-state index contributed by atoms with van der Waals surface area (Å²) in [6.45, 7) is 4.86. The molecule has 64 valence electrons. The molecule has 1 rings (SSSR count). The van der Waals surface area contributed by atoms with E-state index in [1.165, 1.54) is 0 Å². The van der Waals surface area contributed by atoms with Crippen LogP contribution in [0, 0.1) is 5.92 Å². The van der Waals surface area contributed by atoms with Crippen LogP contribution in [0.1, 0.15) is 26.7 Å². The third kappa shape index (κ3) is 2.62. The van der Waals surface area contributed by atoms with Crippen molar-refractivity contribution in [3.05, 3.63) is 0 Å². The van der Waals surface area contributed by atoms with E-state index >= 15 is 0 Å². The molecule has 0 saturated heterocycles. The van der Waals surface area contributed by atoms with Crippen LogP contribution in [0.15, 0.2) is 0 Å². The Hall–Kier alpha value is -0.370. The van der Waals surface area contributed by atoms with Crippen LogP contribution in [0.2, 0.25) is 0 Å². The zero-order valence-corrected chi connectivity index (χ0v) is 7.63. The van der Waals surface area contributed by atoms with Crippen molar-refractivity contribution in [1.82, 2.24) is 4.90 Å². The molecule has 0 atom stereocenters. The van der Waals surface area contributed by atoms with Crippen LogP contribution in [0.5, 0.6) is 0 Å². The van der Waals surface area contributed by atoms with E-state index in [1.54, 1.807) is 0 Å². The predicted molar refractivity (Wildman–Crippen MR) is 45.5 cm³/mol. The second-order valence-corrected chi connectivity index (χ2v) is 3.75. The molecular weight excluding hydrogens is 138 g/mol. The Labute approximate surface area is 68.6 Å². The lowest BCUT2D eigenvalue weighted by molar-refractivity contribution is -0.121. The molecule has 1 fully saturated rings. The third-order valence-corrected chi connectivity index (χ3v) is 2.32. The SMILES string of the molecule is CC(C)N(C)CC(=O)C1CC1. The summed E-state index contributed by atoms with van der Waals surface area (Å²) in [5.74, 6) is 0.845. The number of nitrogens with zero attached hydrogens (tertiary/aromatic N) is 1. The molecule has 0 spiro atoms. The highest BCUT2D eigenvalue weighted by Gasteiger charge is 2.29. The lowest BCUT2D eigenvalue weighted by Crippen LogP contribution is -2.32. The average Bonchev–Trinajstić information content (AvgIpc) is 2.67. The van der Waals surface area contributed by atoms with E-state index in [0.717, 1.165) is 12.8 Å². The van der Waals surface area contributed by atoms with Crippen molar-refractivity contribution in [2.75, 3.05) is 13.6 Å².